The van der Waals surface area contributed by atoms with E-state index in [2.05, 4.69) is 45.0 Å². The van der Waals surface area contributed by atoms with Gasteiger partial charge in [-0.05, 0) is 31.5 Å². The Morgan fingerprint density at radius 1 is 0.880 bits per heavy atom. The molecule has 136 valence electrons. The van der Waals surface area contributed by atoms with Crippen molar-refractivity contribution in [3.63, 3.8) is 0 Å². The van der Waals surface area contributed by atoms with E-state index >= 15 is 0 Å². The van der Waals surface area contributed by atoms with Gasteiger partial charge in [0.15, 0.2) is 0 Å². The fraction of sp³-hybridized carbons (Fsp3) is 0.714. The molecule has 1 aromatic rings. The van der Waals surface area contributed by atoms with E-state index in [9.17, 15) is 5.11 Å². The van der Waals surface area contributed by atoms with Crippen LogP contribution in [0.2, 0.25) is 0 Å². The van der Waals surface area contributed by atoms with Crippen LogP contribution in [0.4, 0.5) is 0 Å². The average molecular weight is 341 g/mol. The van der Waals surface area contributed by atoms with Crippen molar-refractivity contribution >= 4 is 0 Å². The van der Waals surface area contributed by atoms with Gasteiger partial charge >= 0.3 is 0 Å². The van der Waals surface area contributed by atoms with E-state index in [4.69, 9.17) is 0 Å². The molecule has 0 aliphatic carbocycles. The summed E-state index contributed by atoms with van der Waals surface area (Å²) in [7, 11) is 0. The predicted molar refractivity (Wildman–Crippen MR) is 99.7 cm³/mol. The van der Waals surface area contributed by atoms with Crippen LogP contribution in [-0.4, -0.2) is 84.3 Å². The predicted octanol–water partition coefficient (Wildman–Crippen LogP) is 1.40. The third-order valence-corrected chi connectivity index (χ3v) is 7.42. The Balaban J connectivity index is 1.57. The number of β-amino-alcohol motifs (C(OH)–C–C–N with tert-alkyl or cyclic N) is 1. The second kappa shape index (κ2) is 6.05. The second-order valence-electron chi connectivity index (χ2n) is 8.88. The monoisotopic (exact) mass is 341 g/mol. The lowest BCUT2D eigenvalue weighted by Gasteiger charge is -2.62. The van der Waals surface area contributed by atoms with Gasteiger partial charge in [0.2, 0.25) is 0 Å². The van der Waals surface area contributed by atoms with Crippen molar-refractivity contribution < 1.29 is 5.11 Å². The smallest absolute Gasteiger partial charge is 0.0947 e. The van der Waals surface area contributed by atoms with Crippen molar-refractivity contribution in [1.29, 1.82) is 0 Å². The zero-order chi connectivity index (χ0) is 16.9. The maximum atomic E-state index is 12.3. The first-order valence-electron chi connectivity index (χ1n) is 10.1. The maximum Gasteiger partial charge on any atom is 0.0947 e. The molecular weight excluding hydrogens is 310 g/mol. The van der Waals surface area contributed by atoms with Crippen molar-refractivity contribution in [1.82, 2.24) is 14.7 Å². The van der Waals surface area contributed by atoms with Crippen molar-refractivity contribution in [2.45, 2.75) is 30.3 Å². The summed E-state index contributed by atoms with van der Waals surface area (Å²) in [6.07, 6.45) is 3.93. The third-order valence-electron chi connectivity index (χ3n) is 7.42. The molecular formula is C21H31N3O. The first kappa shape index (κ1) is 16.2. The van der Waals surface area contributed by atoms with Crippen LogP contribution in [0.3, 0.4) is 0 Å². The second-order valence-corrected chi connectivity index (χ2v) is 8.88. The van der Waals surface area contributed by atoms with Gasteiger partial charge in [0.25, 0.3) is 0 Å². The van der Waals surface area contributed by atoms with E-state index in [1.54, 1.807) is 0 Å². The van der Waals surface area contributed by atoms with Crippen LogP contribution < -0.4 is 0 Å². The van der Waals surface area contributed by atoms with Gasteiger partial charge < -0.3 is 19.8 Å². The number of piperidine rings is 3. The molecule has 6 rings (SSSR count). The number of fused-ring (bicyclic) bond motifs is 1. The highest BCUT2D eigenvalue weighted by atomic mass is 16.3. The maximum absolute atomic E-state index is 12.3. The van der Waals surface area contributed by atoms with Gasteiger partial charge in [-0.3, -0.25) is 0 Å². The molecule has 0 aromatic heterocycles. The lowest BCUT2D eigenvalue weighted by Crippen LogP contribution is -2.76. The van der Waals surface area contributed by atoms with E-state index in [0.717, 1.165) is 58.9 Å². The molecule has 0 spiro atoms. The summed E-state index contributed by atoms with van der Waals surface area (Å²) in [6, 6.07) is 10.9. The van der Waals surface area contributed by atoms with Gasteiger partial charge in [-0.2, -0.15) is 0 Å². The van der Waals surface area contributed by atoms with Crippen LogP contribution in [0.1, 0.15) is 24.8 Å². The molecule has 0 amide bonds. The Morgan fingerprint density at radius 2 is 1.52 bits per heavy atom. The first-order chi connectivity index (χ1) is 12.2. The van der Waals surface area contributed by atoms with Gasteiger partial charge in [0, 0.05) is 51.7 Å². The quantitative estimate of drug-likeness (QED) is 0.900. The van der Waals surface area contributed by atoms with Crippen LogP contribution in [-0.2, 0) is 5.41 Å². The summed E-state index contributed by atoms with van der Waals surface area (Å²) in [5.74, 6) is 0.361. The molecule has 5 aliphatic rings. The average Bonchev–Trinajstić information content (AvgIpc) is 2.91. The Bertz CT molecular complexity index is 599. The fourth-order valence-electron chi connectivity index (χ4n) is 6.14. The largest absolute Gasteiger partial charge is 0.387 e. The Labute approximate surface area is 151 Å². The highest BCUT2D eigenvalue weighted by Gasteiger charge is 2.63. The lowest BCUT2D eigenvalue weighted by atomic mass is 9.57. The van der Waals surface area contributed by atoms with E-state index in [0.29, 0.717) is 5.92 Å². The molecule has 5 heterocycles. The number of hydrogen-bond acceptors (Lipinski definition) is 4. The van der Waals surface area contributed by atoms with E-state index in [1.807, 2.05) is 0 Å². The molecule has 1 aromatic carbocycles. The number of likely N-dealkylation sites (tertiary alicyclic amines) is 1. The topological polar surface area (TPSA) is 30.0 Å². The number of benzene rings is 1. The molecule has 5 saturated heterocycles. The van der Waals surface area contributed by atoms with Crippen LogP contribution in [0.5, 0.6) is 0 Å². The molecule has 25 heavy (non-hydrogen) atoms. The molecule has 4 bridgehead atoms. The third kappa shape index (κ3) is 2.49. The van der Waals surface area contributed by atoms with Crippen molar-refractivity contribution in [3.8, 4) is 0 Å². The number of hydrogen-bond donors (Lipinski definition) is 1. The minimum atomic E-state index is -0.608. The minimum Gasteiger partial charge on any atom is -0.387 e. The van der Waals surface area contributed by atoms with Crippen LogP contribution >= 0.6 is 0 Å². The summed E-state index contributed by atoms with van der Waals surface area (Å²) in [4.78, 5) is 7.79. The molecule has 4 nitrogen and oxygen atoms in total. The zero-order valence-electron chi connectivity index (χ0n) is 15.2. The van der Waals surface area contributed by atoms with Gasteiger partial charge in [-0.15, -0.1) is 0 Å². The molecule has 5 fully saturated rings. The lowest BCUT2D eigenvalue weighted by molar-refractivity contribution is -0.173. The molecule has 0 radical (unpaired) electrons. The molecule has 1 N–H and O–H groups in total. The van der Waals surface area contributed by atoms with E-state index in [-0.39, 0.29) is 5.41 Å². The first-order valence-corrected chi connectivity index (χ1v) is 10.1. The Hall–Kier alpha value is -0.940. The number of aliphatic hydroxyl groups is 1. The number of nitrogens with zero attached hydrogens (tertiary/aromatic N) is 3. The summed E-state index contributed by atoms with van der Waals surface area (Å²) < 4.78 is 0. The highest BCUT2D eigenvalue weighted by Crippen LogP contribution is 2.50. The molecule has 0 saturated carbocycles. The van der Waals surface area contributed by atoms with Crippen LogP contribution in [0.25, 0.3) is 0 Å². The van der Waals surface area contributed by atoms with Crippen molar-refractivity contribution in [2.75, 3.05) is 58.9 Å². The SMILES string of the molecule is O[C@]1(CN2CCCCC2)C2CN3CCN(C2)CC1(c1ccccc1)C3. The summed E-state index contributed by atoms with van der Waals surface area (Å²) in [6.45, 7) is 9.64. The molecule has 5 aliphatic heterocycles. The van der Waals surface area contributed by atoms with Crippen LogP contribution in [0.15, 0.2) is 30.3 Å². The summed E-state index contributed by atoms with van der Waals surface area (Å²) in [5, 5.41) is 12.3. The Morgan fingerprint density at radius 3 is 2.16 bits per heavy atom. The summed E-state index contributed by atoms with van der Waals surface area (Å²) >= 11 is 0. The molecule has 3 atom stereocenters. The summed E-state index contributed by atoms with van der Waals surface area (Å²) in [5.41, 5.74) is 0.586. The molecule has 2 unspecified atom stereocenters. The zero-order valence-corrected chi connectivity index (χ0v) is 15.2. The fourth-order valence-corrected chi connectivity index (χ4v) is 6.14. The normalized spacial score (nSPS) is 44.0. The van der Waals surface area contributed by atoms with Gasteiger partial charge in [0.1, 0.15) is 0 Å². The van der Waals surface area contributed by atoms with Gasteiger partial charge in [-0.1, -0.05) is 36.8 Å². The van der Waals surface area contributed by atoms with Gasteiger partial charge in [0.05, 0.1) is 11.0 Å². The van der Waals surface area contributed by atoms with Crippen molar-refractivity contribution in [3.05, 3.63) is 35.9 Å². The molecule has 4 heteroatoms. The van der Waals surface area contributed by atoms with Crippen molar-refractivity contribution in [2.24, 2.45) is 5.92 Å². The standard InChI is InChI=1S/C21H31N3O/c25-21(17-22-9-5-2-6-10-22)19-13-23-11-12-24(14-19)16-20(21,15-23)18-7-3-1-4-8-18/h1,3-4,7-8,19,25H,2,5-6,9-17H2/t19?,20?,21-/m1/s1. The Kier molecular flexibility index (Phi) is 3.93. The number of rotatable bonds is 3. The van der Waals surface area contributed by atoms with E-state index < -0.39 is 5.60 Å². The highest BCUT2D eigenvalue weighted by molar-refractivity contribution is 5.36. The van der Waals surface area contributed by atoms with Crippen LogP contribution in [0, 0.1) is 5.92 Å². The van der Waals surface area contributed by atoms with E-state index in [1.165, 1.54) is 24.8 Å². The minimum absolute atomic E-state index is 0.149. The van der Waals surface area contributed by atoms with Gasteiger partial charge in [-0.25, -0.2) is 0 Å².